The largest absolute Gasteiger partial charge is 0.374 e. The first-order chi connectivity index (χ1) is 14.5. The van der Waals surface area contributed by atoms with Crippen LogP contribution >= 0.6 is 0 Å². The molecule has 6 nitrogen and oxygen atoms in total. The van der Waals surface area contributed by atoms with E-state index in [1.54, 1.807) is 7.05 Å². The Balaban J connectivity index is 1.67. The Kier molecular flexibility index (Phi) is 11.1. The number of carbonyl (C=O) groups excluding carboxylic acids is 3. The van der Waals surface area contributed by atoms with Gasteiger partial charge >= 0.3 is 0 Å². The zero-order chi connectivity index (χ0) is 21.8. The molecule has 170 valence electrons. The van der Waals surface area contributed by atoms with Crippen LogP contribution in [0, 0.1) is 11.8 Å². The maximum absolute atomic E-state index is 12.2. The van der Waals surface area contributed by atoms with E-state index >= 15 is 0 Å². The van der Waals surface area contributed by atoms with Gasteiger partial charge in [0.25, 0.3) is 0 Å². The number of Topliss-reactive ketones (excluding diaryl/α,β-unsaturated/α-hetero) is 1. The minimum Gasteiger partial charge on any atom is -0.374 e. The average molecular weight is 421 g/mol. The van der Waals surface area contributed by atoms with Crippen LogP contribution in [0.4, 0.5) is 0 Å². The number of ether oxygens (including phenoxy) is 1. The van der Waals surface area contributed by atoms with Gasteiger partial charge in [0, 0.05) is 45.2 Å². The molecule has 0 aliphatic carbocycles. The Morgan fingerprint density at radius 2 is 1.67 bits per heavy atom. The van der Waals surface area contributed by atoms with Gasteiger partial charge in [0.2, 0.25) is 11.8 Å². The van der Waals surface area contributed by atoms with E-state index in [1.165, 1.54) is 0 Å². The van der Waals surface area contributed by atoms with Gasteiger partial charge in [0.15, 0.2) is 0 Å². The third-order valence-electron chi connectivity index (χ3n) is 6.44. The van der Waals surface area contributed by atoms with E-state index in [9.17, 15) is 14.4 Å². The number of carbonyl (C=O) groups is 3. The third kappa shape index (κ3) is 8.21. The highest BCUT2D eigenvalue weighted by atomic mass is 16.5. The molecule has 4 atom stereocenters. The van der Waals surface area contributed by atoms with Crippen LogP contribution in [-0.4, -0.2) is 43.4 Å². The quantitative estimate of drug-likeness (QED) is 0.313. The van der Waals surface area contributed by atoms with E-state index in [0.717, 1.165) is 51.4 Å². The van der Waals surface area contributed by atoms with E-state index in [0.29, 0.717) is 50.2 Å². The second-order valence-corrected chi connectivity index (χ2v) is 8.69. The van der Waals surface area contributed by atoms with Crippen molar-refractivity contribution in [3.63, 3.8) is 0 Å². The van der Waals surface area contributed by atoms with Crippen LogP contribution in [0.15, 0.2) is 12.2 Å². The molecule has 2 amide bonds. The van der Waals surface area contributed by atoms with Crippen molar-refractivity contribution < 1.29 is 19.1 Å². The van der Waals surface area contributed by atoms with Gasteiger partial charge in [-0.15, -0.1) is 0 Å². The first kappa shape index (κ1) is 24.6. The van der Waals surface area contributed by atoms with Crippen molar-refractivity contribution in [2.24, 2.45) is 11.8 Å². The third-order valence-corrected chi connectivity index (χ3v) is 6.44. The molecular formula is C24H40N2O4. The molecule has 0 radical (unpaired) electrons. The molecule has 0 aromatic heterocycles. The lowest BCUT2D eigenvalue weighted by molar-refractivity contribution is -0.125. The van der Waals surface area contributed by atoms with E-state index in [1.807, 2.05) is 0 Å². The Labute approximate surface area is 181 Å². The topological polar surface area (TPSA) is 84.5 Å². The normalized spacial score (nSPS) is 25.0. The zero-order valence-corrected chi connectivity index (χ0v) is 18.8. The maximum atomic E-state index is 12.2. The summed E-state index contributed by atoms with van der Waals surface area (Å²) < 4.78 is 6.11. The van der Waals surface area contributed by atoms with Crippen LogP contribution in [0.5, 0.6) is 0 Å². The number of fused-ring (bicyclic) bond motifs is 2. The molecule has 2 N–H and O–H groups in total. The maximum Gasteiger partial charge on any atom is 0.220 e. The minimum absolute atomic E-state index is 0.0230. The molecule has 2 heterocycles. The fourth-order valence-corrected chi connectivity index (χ4v) is 4.63. The Hall–Kier alpha value is -1.69. The van der Waals surface area contributed by atoms with Crippen LogP contribution in [-0.2, 0) is 19.1 Å². The predicted octanol–water partition coefficient (Wildman–Crippen LogP) is 3.69. The number of hydrogen-bond acceptors (Lipinski definition) is 4. The molecule has 6 heteroatoms. The molecule has 2 aliphatic heterocycles. The molecule has 2 bridgehead atoms. The first-order valence-corrected chi connectivity index (χ1v) is 11.8. The summed E-state index contributed by atoms with van der Waals surface area (Å²) in [6.45, 7) is 2.76. The number of unbranched alkanes of at least 4 members (excludes halogenated alkanes) is 3. The van der Waals surface area contributed by atoms with E-state index in [2.05, 4.69) is 29.7 Å². The summed E-state index contributed by atoms with van der Waals surface area (Å²) in [7, 11) is 1.66. The van der Waals surface area contributed by atoms with Gasteiger partial charge < -0.3 is 15.4 Å². The molecule has 2 fully saturated rings. The Morgan fingerprint density at radius 1 is 0.900 bits per heavy atom. The van der Waals surface area contributed by atoms with E-state index in [4.69, 9.17) is 4.74 Å². The second kappa shape index (κ2) is 13.6. The monoisotopic (exact) mass is 420 g/mol. The summed E-state index contributed by atoms with van der Waals surface area (Å²) in [5.41, 5.74) is 0. The molecular weight excluding hydrogens is 380 g/mol. The van der Waals surface area contributed by atoms with Crippen molar-refractivity contribution in [3.8, 4) is 0 Å². The first-order valence-electron chi connectivity index (χ1n) is 11.8. The molecule has 2 saturated heterocycles. The Bertz CT molecular complexity index is 590. The van der Waals surface area contributed by atoms with Gasteiger partial charge in [-0.05, 0) is 44.4 Å². The molecule has 0 aromatic carbocycles. The summed E-state index contributed by atoms with van der Waals surface area (Å²) in [6.07, 6.45) is 14.7. The second-order valence-electron chi connectivity index (χ2n) is 8.69. The Morgan fingerprint density at radius 3 is 2.40 bits per heavy atom. The number of ketones is 1. The molecule has 0 spiro atoms. The highest BCUT2D eigenvalue weighted by Gasteiger charge is 2.47. The number of nitrogens with one attached hydrogen (secondary N) is 2. The summed E-state index contributed by atoms with van der Waals surface area (Å²) in [5.74, 6) is 1.05. The lowest BCUT2D eigenvalue weighted by Crippen LogP contribution is -2.38. The predicted molar refractivity (Wildman–Crippen MR) is 118 cm³/mol. The molecule has 0 unspecified atom stereocenters. The average Bonchev–Trinajstić information content (AvgIpc) is 3.35. The minimum atomic E-state index is -0.0230. The SMILES string of the molecule is CCCCCC(=O)CCC(=O)NC[C@@H]1[C@H](C/C=C\CCCC(=O)NC)[C@@H]2CC[C@H]1O2. The number of rotatable bonds is 15. The highest BCUT2D eigenvalue weighted by molar-refractivity contribution is 5.84. The van der Waals surface area contributed by atoms with Crippen LogP contribution in [0.1, 0.15) is 84.0 Å². The fraction of sp³-hybridized carbons (Fsp3) is 0.792. The summed E-state index contributed by atoms with van der Waals surface area (Å²) in [4.78, 5) is 35.3. The summed E-state index contributed by atoms with van der Waals surface area (Å²) in [5, 5.41) is 5.69. The van der Waals surface area contributed by atoms with E-state index in [-0.39, 0.29) is 23.7 Å². The smallest absolute Gasteiger partial charge is 0.220 e. The fourth-order valence-electron chi connectivity index (χ4n) is 4.63. The lowest BCUT2D eigenvalue weighted by Gasteiger charge is -2.27. The van der Waals surface area contributed by atoms with Gasteiger partial charge in [0.05, 0.1) is 12.2 Å². The molecule has 2 rings (SSSR count). The lowest BCUT2D eigenvalue weighted by atomic mass is 9.77. The van der Waals surface area contributed by atoms with Crippen LogP contribution < -0.4 is 10.6 Å². The summed E-state index contributed by atoms with van der Waals surface area (Å²) >= 11 is 0. The van der Waals surface area contributed by atoms with Gasteiger partial charge in [0.1, 0.15) is 5.78 Å². The van der Waals surface area contributed by atoms with Crippen molar-refractivity contribution in [1.29, 1.82) is 0 Å². The zero-order valence-electron chi connectivity index (χ0n) is 18.8. The number of allylic oxidation sites excluding steroid dienone is 2. The standard InChI is InChI=1S/C24H40N2O4/c1-3-4-7-10-18(27)13-16-24(29)26-17-20-19(21-14-15-22(20)30-21)11-8-5-6-9-12-23(28)25-2/h5,8,19-22H,3-4,6-7,9-17H2,1-2H3,(H,25,28)(H,26,29)/b8-5-/t19-,20+,21-,22+/m0/s1. The van der Waals surface area contributed by atoms with Crippen molar-refractivity contribution >= 4 is 17.6 Å². The van der Waals surface area contributed by atoms with Gasteiger partial charge in [-0.2, -0.15) is 0 Å². The van der Waals surface area contributed by atoms with Gasteiger partial charge in [-0.1, -0.05) is 31.9 Å². The summed E-state index contributed by atoms with van der Waals surface area (Å²) in [6, 6.07) is 0. The number of amides is 2. The molecule has 0 saturated carbocycles. The van der Waals surface area contributed by atoms with E-state index < -0.39 is 0 Å². The number of hydrogen-bond donors (Lipinski definition) is 2. The highest BCUT2D eigenvalue weighted by Crippen LogP contribution is 2.44. The van der Waals surface area contributed by atoms with Crippen molar-refractivity contribution in [2.45, 2.75) is 96.2 Å². The van der Waals surface area contributed by atoms with Crippen molar-refractivity contribution in [3.05, 3.63) is 12.2 Å². The van der Waals surface area contributed by atoms with Gasteiger partial charge in [-0.3, -0.25) is 14.4 Å². The molecule has 0 aromatic rings. The van der Waals surface area contributed by atoms with Crippen molar-refractivity contribution in [2.75, 3.05) is 13.6 Å². The van der Waals surface area contributed by atoms with Crippen LogP contribution in [0.2, 0.25) is 0 Å². The van der Waals surface area contributed by atoms with Crippen LogP contribution in [0.3, 0.4) is 0 Å². The molecule has 30 heavy (non-hydrogen) atoms. The van der Waals surface area contributed by atoms with Crippen molar-refractivity contribution in [1.82, 2.24) is 10.6 Å². The molecule has 2 aliphatic rings. The van der Waals surface area contributed by atoms with Crippen LogP contribution in [0.25, 0.3) is 0 Å². The van der Waals surface area contributed by atoms with Gasteiger partial charge in [-0.25, -0.2) is 0 Å².